The van der Waals surface area contributed by atoms with E-state index >= 15 is 0 Å². The predicted molar refractivity (Wildman–Crippen MR) is 87.3 cm³/mol. The molecule has 0 aromatic rings. The van der Waals surface area contributed by atoms with Gasteiger partial charge in [0.2, 0.25) is 0 Å². The molecule has 4 aliphatic rings. The van der Waals surface area contributed by atoms with Crippen molar-refractivity contribution in [2.45, 2.75) is 64.9 Å². The monoisotopic (exact) mass is 317 g/mol. The molecule has 0 amide bonds. The SMILES string of the molecule is CC12CCC(=O)C=C1CCC1C2C(O)CC2(C)/C(=N\O)CCC12. The number of allylic oxidation sites excluding steroid dienone is 1. The zero-order valence-electron chi connectivity index (χ0n) is 14.1. The molecule has 3 fully saturated rings. The minimum absolute atomic E-state index is 0.0311. The fraction of sp³-hybridized carbons (Fsp3) is 0.789. The van der Waals surface area contributed by atoms with E-state index in [1.807, 2.05) is 6.08 Å². The Hall–Kier alpha value is -1.16. The Bertz CT molecular complexity index is 610. The number of aliphatic hydroxyl groups is 1. The van der Waals surface area contributed by atoms with Gasteiger partial charge in [-0.15, -0.1) is 0 Å². The van der Waals surface area contributed by atoms with Crippen LogP contribution in [0.15, 0.2) is 16.8 Å². The normalized spacial score (nSPS) is 51.0. The molecule has 4 aliphatic carbocycles. The maximum atomic E-state index is 11.8. The molecule has 0 aliphatic heterocycles. The summed E-state index contributed by atoms with van der Waals surface area (Å²) >= 11 is 0. The summed E-state index contributed by atoms with van der Waals surface area (Å²) in [6.07, 6.45) is 7.62. The Kier molecular flexibility index (Phi) is 3.29. The highest BCUT2D eigenvalue weighted by Crippen LogP contribution is 2.64. The molecule has 4 heteroatoms. The van der Waals surface area contributed by atoms with Gasteiger partial charge < -0.3 is 10.3 Å². The van der Waals surface area contributed by atoms with Crippen LogP contribution in [0.4, 0.5) is 0 Å². The molecule has 2 N–H and O–H groups in total. The van der Waals surface area contributed by atoms with Crippen molar-refractivity contribution in [1.29, 1.82) is 0 Å². The van der Waals surface area contributed by atoms with Gasteiger partial charge in [-0.25, -0.2) is 0 Å². The maximum absolute atomic E-state index is 11.8. The first-order valence-electron chi connectivity index (χ1n) is 9.03. The zero-order chi connectivity index (χ0) is 16.4. The molecule has 4 rings (SSSR count). The van der Waals surface area contributed by atoms with Gasteiger partial charge in [0.1, 0.15) is 0 Å². The maximum Gasteiger partial charge on any atom is 0.155 e. The molecule has 4 nitrogen and oxygen atoms in total. The van der Waals surface area contributed by atoms with Crippen molar-refractivity contribution in [3.8, 4) is 0 Å². The van der Waals surface area contributed by atoms with Crippen molar-refractivity contribution in [3.63, 3.8) is 0 Å². The van der Waals surface area contributed by atoms with Gasteiger partial charge in [0, 0.05) is 11.8 Å². The largest absolute Gasteiger partial charge is 0.411 e. The number of rotatable bonds is 0. The first kappa shape index (κ1) is 15.4. The number of aliphatic hydroxyl groups excluding tert-OH is 1. The molecule has 0 aromatic carbocycles. The molecule has 0 radical (unpaired) electrons. The average Bonchev–Trinajstić information content (AvgIpc) is 2.83. The van der Waals surface area contributed by atoms with Crippen molar-refractivity contribution >= 4 is 11.5 Å². The lowest BCUT2D eigenvalue weighted by molar-refractivity contribution is -0.122. The number of hydrogen-bond acceptors (Lipinski definition) is 4. The van der Waals surface area contributed by atoms with E-state index in [-0.39, 0.29) is 28.6 Å². The topological polar surface area (TPSA) is 69.9 Å². The van der Waals surface area contributed by atoms with E-state index in [9.17, 15) is 15.1 Å². The third kappa shape index (κ3) is 1.93. The van der Waals surface area contributed by atoms with E-state index in [0.717, 1.165) is 37.8 Å². The van der Waals surface area contributed by atoms with Gasteiger partial charge in [-0.1, -0.05) is 24.6 Å². The molecular formula is C19H27NO3. The molecule has 126 valence electrons. The number of ketones is 1. The number of oxime groups is 1. The molecule has 0 saturated heterocycles. The van der Waals surface area contributed by atoms with E-state index in [4.69, 9.17) is 0 Å². The number of fused-ring (bicyclic) bond motifs is 5. The summed E-state index contributed by atoms with van der Waals surface area (Å²) in [6, 6.07) is 0. The minimum Gasteiger partial charge on any atom is -0.411 e. The molecule has 0 aromatic heterocycles. The highest BCUT2D eigenvalue weighted by atomic mass is 16.4. The molecule has 3 saturated carbocycles. The van der Waals surface area contributed by atoms with Gasteiger partial charge in [0.25, 0.3) is 0 Å². The van der Waals surface area contributed by atoms with Gasteiger partial charge in [-0.2, -0.15) is 0 Å². The summed E-state index contributed by atoms with van der Waals surface area (Å²) < 4.78 is 0. The van der Waals surface area contributed by atoms with Crippen LogP contribution >= 0.6 is 0 Å². The van der Waals surface area contributed by atoms with Gasteiger partial charge in [0.15, 0.2) is 5.78 Å². The van der Waals surface area contributed by atoms with Gasteiger partial charge in [0.05, 0.1) is 11.8 Å². The number of carbonyl (C=O) groups excluding carboxylic acids is 1. The average molecular weight is 317 g/mol. The van der Waals surface area contributed by atoms with Crippen LogP contribution in [0.25, 0.3) is 0 Å². The molecule has 0 spiro atoms. The second-order valence-corrected chi connectivity index (χ2v) is 8.66. The Morgan fingerprint density at radius 1 is 1.17 bits per heavy atom. The van der Waals surface area contributed by atoms with Gasteiger partial charge >= 0.3 is 0 Å². The van der Waals surface area contributed by atoms with Crippen LogP contribution in [0.5, 0.6) is 0 Å². The predicted octanol–water partition coefficient (Wildman–Crippen LogP) is 3.32. The highest BCUT2D eigenvalue weighted by Gasteiger charge is 2.61. The molecule has 0 bridgehead atoms. The van der Waals surface area contributed by atoms with Crippen LogP contribution in [-0.2, 0) is 4.79 Å². The second-order valence-electron chi connectivity index (χ2n) is 8.66. The summed E-state index contributed by atoms with van der Waals surface area (Å²) in [5.74, 6) is 1.46. The minimum atomic E-state index is -0.377. The van der Waals surface area contributed by atoms with Crippen molar-refractivity contribution in [1.82, 2.24) is 0 Å². The van der Waals surface area contributed by atoms with Crippen LogP contribution < -0.4 is 0 Å². The summed E-state index contributed by atoms with van der Waals surface area (Å²) in [5, 5.41) is 24.0. The highest BCUT2D eigenvalue weighted by molar-refractivity contribution is 5.92. The number of carbonyl (C=O) groups is 1. The van der Waals surface area contributed by atoms with Crippen molar-refractivity contribution in [3.05, 3.63) is 11.6 Å². The third-order valence-electron chi connectivity index (χ3n) is 7.76. The third-order valence-corrected chi connectivity index (χ3v) is 7.76. The Labute approximate surface area is 137 Å². The first-order chi connectivity index (χ1) is 10.9. The lowest BCUT2D eigenvalue weighted by Crippen LogP contribution is -2.56. The van der Waals surface area contributed by atoms with E-state index in [0.29, 0.717) is 24.7 Å². The number of nitrogens with zero attached hydrogens (tertiary/aromatic N) is 1. The Morgan fingerprint density at radius 2 is 1.96 bits per heavy atom. The van der Waals surface area contributed by atoms with Crippen molar-refractivity contribution < 1.29 is 15.1 Å². The molecule has 6 atom stereocenters. The standard InChI is InChI=1S/C19H27NO3/c1-18-8-7-12(21)9-11(18)3-4-13-14-5-6-16(20-23)19(14,2)10-15(22)17(13)18/h9,13-15,17,22-23H,3-8,10H2,1-2H3/b20-16-. The number of hydrogen-bond donors (Lipinski definition) is 2. The van der Waals surface area contributed by atoms with Crippen molar-refractivity contribution in [2.24, 2.45) is 33.7 Å². The summed E-state index contributed by atoms with van der Waals surface area (Å²) in [6.45, 7) is 4.45. The fourth-order valence-corrected chi connectivity index (χ4v) is 6.64. The van der Waals surface area contributed by atoms with Crippen molar-refractivity contribution in [2.75, 3.05) is 0 Å². The Balaban J connectivity index is 1.75. The van der Waals surface area contributed by atoms with Gasteiger partial charge in [-0.05, 0) is 67.8 Å². The second kappa shape index (κ2) is 4.92. The molecular weight excluding hydrogens is 290 g/mol. The lowest BCUT2D eigenvalue weighted by atomic mass is 9.46. The van der Waals surface area contributed by atoms with E-state index < -0.39 is 0 Å². The lowest BCUT2D eigenvalue weighted by Gasteiger charge is -2.58. The first-order valence-corrected chi connectivity index (χ1v) is 9.03. The fourth-order valence-electron chi connectivity index (χ4n) is 6.64. The molecule has 23 heavy (non-hydrogen) atoms. The smallest absolute Gasteiger partial charge is 0.155 e. The van der Waals surface area contributed by atoms with Crippen LogP contribution in [0.2, 0.25) is 0 Å². The van der Waals surface area contributed by atoms with Crippen LogP contribution in [0.1, 0.15) is 58.8 Å². The summed E-state index contributed by atoms with van der Waals surface area (Å²) in [7, 11) is 0. The zero-order valence-corrected chi connectivity index (χ0v) is 14.1. The van der Waals surface area contributed by atoms with Crippen LogP contribution in [-0.4, -0.2) is 27.9 Å². The van der Waals surface area contributed by atoms with E-state index in [2.05, 4.69) is 19.0 Å². The van der Waals surface area contributed by atoms with E-state index in [1.54, 1.807) is 0 Å². The molecule has 0 heterocycles. The van der Waals surface area contributed by atoms with E-state index in [1.165, 1.54) is 5.57 Å². The Morgan fingerprint density at radius 3 is 2.70 bits per heavy atom. The van der Waals surface area contributed by atoms with Gasteiger partial charge in [-0.3, -0.25) is 4.79 Å². The quantitative estimate of drug-likeness (QED) is 0.532. The molecule has 6 unspecified atom stereocenters. The summed E-state index contributed by atoms with van der Waals surface area (Å²) in [5.41, 5.74) is 1.96. The summed E-state index contributed by atoms with van der Waals surface area (Å²) in [4.78, 5) is 11.8. The van der Waals surface area contributed by atoms with Crippen LogP contribution in [0.3, 0.4) is 0 Å². The van der Waals surface area contributed by atoms with Crippen LogP contribution in [0, 0.1) is 28.6 Å².